The van der Waals surface area contributed by atoms with Crippen LogP contribution in [0.5, 0.6) is 0 Å². The molecule has 122 valence electrons. The largest absolute Gasteiger partial charge is 0.371 e. The van der Waals surface area contributed by atoms with Crippen LogP contribution in [0.3, 0.4) is 0 Å². The molecule has 0 aliphatic carbocycles. The van der Waals surface area contributed by atoms with Crippen LogP contribution in [-0.2, 0) is 0 Å². The summed E-state index contributed by atoms with van der Waals surface area (Å²) >= 11 is 0. The highest BCUT2D eigenvalue weighted by Gasteiger charge is 2.22. The van der Waals surface area contributed by atoms with E-state index < -0.39 is 0 Å². The average Bonchev–Trinajstić information content (AvgIpc) is 2.62. The molecular formula is C19H24FN3. The molecular weight excluding hydrogens is 289 g/mol. The molecule has 3 rings (SSSR count). The SMILES string of the molecule is CC[C@H](NC1CCN(c2ccc(F)cc2)CC1)c1ccncc1. The van der Waals surface area contributed by atoms with E-state index in [2.05, 4.69) is 34.3 Å². The predicted molar refractivity (Wildman–Crippen MR) is 92.0 cm³/mol. The number of benzene rings is 1. The van der Waals surface area contributed by atoms with Gasteiger partial charge >= 0.3 is 0 Å². The zero-order valence-electron chi connectivity index (χ0n) is 13.6. The number of nitrogens with one attached hydrogen (secondary N) is 1. The molecule has 1 saturated heterocycles. The molecule has 1 N–H and O–H groups in total. The van der Waals surface area contributed by atoms with Crippen LogP contribution in [0.1, 0.15) is 37.8 Å². The maximum Gasteiger partial charge on any atom is 0.123 e. The second kappa shape index (κ2) is 7.55. The number of hydrogen-bond acceptors (Lipinski definition) is 3. The van der Waals surface area contributed by atoms with E-state index in [9.17, 15) is 4.39 Å². The second-order valence-corrected chi connectivity index (χ2v) is 6.15. The van der Waals surface area contributed by atoms with E-state index in [4.69, 9.17) is 0 Å². The highest BCUT2D eigenvalue weighted by Crippen LogP contribution is 2.23. The van der Waals surface area contributed by atoms with E-state index in [-0.39, 0.29) is 5.82 Å². The quantitative estimate of drug-likeness (QED) is 0.906. The fourth-order valence-corrected chi connectivity index (χ4v) is 3.29. The molecule has 0 radical (unpaired) electrons. The van der Waals surface area contributed by atoms with E-state index >= 15 is 0 Å². The molecule has 0 bridgehead atoms. The Kier molecular flexibility index (Phi) is 5.23. The molecule has 4 heteroatoms. The molecule has 2 aromatic rings. The number of hydrogen-bond donors (Lipinski definition) is 1. The van der Waals surface area contributed by atoms with Crippen LogP contribution in [0.25, 0.3) is 0 Å². The average molecular weight is 313 g/mol. The Labute approximate surface area is 137 Å². The highest BCUT2D eigenvalue weighted by molar-refractivity contribution is 5.46. The molecule has 1 fully saturated rings. The van der Waals surface area contributed by atoms with E-state index in [0.29, 0.717) is 12.1 Å². The van der Waals surface area contributed by atoms with Crippen LogP contribution in [0, 0.1) is 5.82 Å². The maximum absolute atomic E-state index is 13.0. The van der Waals surface area contributed by atoms with Gasteiger partial charge in [-0.25, -0.2) is 4.39 Å². The van der Waals surface area contributed by atoms with Crippen molar-refractivity contribution < 1.29 is 4.39 Å². The summed E-state index contributed by atoms with van der Waals surface area (Å²) in [7, 11) is 0. The molecule has 1 aromatic heterocycles. The van der Waals surface area contributed by atoms with Crippen LogP contribution in [0.15, 0.2) is 48.8 Å². The molecule has 0 spiro atoms. The molecule has 1 aromatic carbocycles. The Morgan fingerprint density at radius 2 is 1.78 bits per heavy atom. The first-order valence-electron chi connectivity index (χ1n) is 8.42. The molecule has 1 atom stereocenters. The summed E-state index contributed by atoms with van der Waals surface area (Å²) in [6.07, 6.45) is 7.01. The summed E-state index contributed by atoms with van der Waals surface area (Å²) in [6.45, 7) is 4.23. The topological polar surface area (TPSA) is 28.2 Å². The highest BCUT2D eigenvalue weighted by atomic mass is 19.1. The number of anilines is 1. The smallest absolute Gasteiger partial charge is 0.123 e. The zero-order chi connectivity index (χ0) is 16.1. The molecule has 0 amide bonds. The van der Waals surface area contributed by atoms with E-state index in [0.717, 1.165) is 38.0 Å². The van der Waals surface area contributed by atoms with Crippen LogP contribution >= 0.6 is 0 Å². The van der Waals surface area contributed by atoms with Gasteiger partial charge in [-0.15, -0.1) is 0 Å². The van der Waals surface area contributed by atoms with Gasteiger partial charge in [-0.2, -0.15) is 0 Å². The molecule has 0 saturated carbocycles. The van der Waals surface area contributed by atoms with Gasteiger partial charge in [0.25, 0.3) is 0 Å². The number of nitrogens with zero attached hydrogens (tertiary/aromatic N) is 2. The summed E-state index contributed by atoms with van der Waals surface area (Å²) in [5.74, 6) is -0.173. The fraction of sp³-hybridized carbons (Fsp3) is 0.421. The summed E-state index contributed by atoms with van der Waals surface area (Å²) in [4.78, 5) is 6.44. The lowest BCUT2D eigenvalue weighted by atomic mass is 9.99. The van der Waals surface area contributed by atoms with Crippen molar-refractivity contribution in [2.45, 2.75) is 38.3 Å². The van der Waals surface area contributed by atoms with Gasteiger partial charge in [0, 0.05) is 43.3 Å². The van der Waals surface area contributed by atoms with E-state index in [1.165, 1.54) is 17.7 Å². The number of rotatable bonds is 5. The van der Waals surface area contributed by atoms with Gasteiger partial charge in [-0.1, -0.05) is 6.92 Å². The van der Waals surface area contributed by atoms with Gasteiger partial charge in [0.1, 0.15) is 5.82 Å². The Hall–Kier alpha value is -1.94. The summed E-state index contributed by atoms with van der Waals surface area (Å²) in [5.41, 5.74) is 2.43. The predicted octanol–water partition coefficient (Wildman–Crippen LogP) is 3.93. The number of piperidine rings is 1. The van der Waals surface area contributed by atoms with E-state index in [1.54, 1.807) is 0 Å². The van der Waals surface area contributed by atoms with Crippen molar-refractivity contribution in [3.63, 3.8) is 0 Å². The van der Waals surface area contributed by atoms with Crippen molar-refractivity contribution >= 4 is 5.69 Å². The zero-order valence-corrected chi connectivity index (χ0v) is 13.6. The van der Waals surface area contributed by atoms with Crippen molar-refractivity contribution in [2.75, 3.05) is 18.0 Å². The van der Waals surface area contributed by atoms with Gasteiger partial charge in [0.05, 0.1) is 0 Å². The third-order valence-corrected chi connectivity index (χ3v) is 4.64. The maximum atomic E-state index is 13.0. The minimum absolute atomic E-state index is 0.173. The third-order valence-electron chi connectivity index (χ3n) is 4.64. The monoisotopic (exact) mass is 313 g/mol. The van der Waals surface area contributed by atoms with Crippen LogP contribution in [0.2, 0.25) is 0 Å². The van der Waals surface area contributed by atoms with Crippen LogP contribution in [-0.4, -0.2) is 24.1 Å². The lowest BCUT2D eigenvalue weighted by Gasteiger charge is -2.36. The molecule has 2 heterocycles. The Bertz CT molecular complexity index is 592. The van der Waals surface area contributed by atoms with Crippen molar-refractivity contribution in [2.24, 2.45) is 0 Å². The van der Waals surface area contributed by atoms with Gasteiger partial charge in [-0.05, 0) is 61.2 Å². The standard InChI is InChI=1S/C19H24FN3/c1-2-19(15-7-11-21-12-8-15)22-17-9-13-23(14-10-17)18-5-3-16(20)4-6-18/h3-8,11-12,17,19,22H,2,9-10,13-14H2,1H3/t19-/m0/s1. The molecule has 1 aliphatic rings. The van der Waals surface area contributed by atoms with Crippen molar-refractivity contribution in [3.8, 4) is 0 Å². The van der Waals surface area contributed by atoms with Crippen molar-refractivity contribution in [3.05, 3.63) is 60.2 Å². The molecule has 1 aliphatic heterocycles. The normalized spacial score (nSPS) is 17.2. The molecule has 0 unspecified atom stereocenters. The molecule has 23 heavy (non-hydrogen) atoms. The van der Waals surface area contributed by atoms with Gasteiger partial charge in [0.2, 0.25) is 0 Å². The minimum atomic E-state index is -0.173. The molecule has 3 nitrogen and oxygen atoms in total. The minimum Gasteiger partial charge on any atom is -0.371 e. The Morgan fingerprint density at radius 1 is 1.13 bits per heavy atom. The van der Waals surface area contributed by atoms with E-state index in [1.807, 2.05) is 24.5 Å². The van der Waals surface area contributed by atoms with Gasteiger partial charge < -0.3 is 10.2 Å². The summed E-state index contributed by atoms with van der Waals surface area (Å²) in [6, 6.07) is 11.9. The first-order chi connectivity index (χ1) is 11.3. The lowest BCUT2D eigenvalue weighted by molar-refractivity contribution is 0.364. The number of halogens is 1. The second-order valence-electron chi connectivity index (χ2n) is 6.15. The number of aromatic nitrogens is 1. The summed E-state index contributed by atoms with van der Waals surface area (Å²) in [5, 5.41) is 3.79. The van der Waals surface area contributed by atoms with Gasteiger partial charge in [0.15, 0.2) is 0 Å². The van der Waals surface area contributed by atoms with Crippen LogP contribution < -0.4 is 10.2 Å². The summed E-state index contributed by atoms with van der Waals surface area (Å²) < 4.78 is 13.0. The van der Waals surface area contributed by atoms with Crippen molar-refractivity contribution in [1.82, 2.24) is 10.3 Å². The fourth-order valence-electron chi connectivity index (χ4n) is 3.29. The first kappa shape index (κ1) is 15.9. The Balaban J connectivity index is 1.55. The van der Waals surface area contributed by atoms with Gasteiger partial charge in [-0.3, -0.25) is 4.98 Å². The lowest BCUT2D eigenvalue weighted by Crippen LogP contribution is -2.43. The third kappa shape index (κ3) is 4.08. The Morgan fingerprint density at radius 3 is 2.39 bits per heavy atom. The van der Waals surface area contributed by atoms with Crippen LogP contribution in [0.4, 0.5) is 10.1 Å². The number of pyridine rings is 1. The first-order valence-corrected chi connectivity index (χ1v) is 8.42. The van der Waals surface area contributed by atoms with Crippen molar-refractivity contribution in [1.29, 1.82) is 0 Å².